The van der Waals surface area contributed by atoms with Crippen molar-refractivity contribution in [3.05, 3.63) is 0 Å². The van der Waals surface area contributed by atoms with E-state index in [4.69, 9.17) is 0 Å². The molecule has 3 heteroatoms. The first-order valence-corrected chi connectivity index (χ1v) is 6.18. The molecule has 0 radical (unpaired) electrons. The number of nitrogens with zero attached hydrogens (tertiary/aromatic N) is 1. The monoisotopic (exact) mass is 223 g/mol. The summed E-state index contributed by atoms with van der Waals surface area (Å²) in [7, 11) is 0. The van der Waals surface area contributed by atoms with Gasteiger partial charge in [0.2, 0.25) is 0 Å². The summed E-state index contributed by atoms with van der Waals surface area (Å²) in [5.74, 6) is -0.136. The molecule has 0 bridgehead atoms. The maximum absolute atomic E-state index is 12.1. The molecule has 0 aromatic heterocycles. The number of amides is 1. The van der Waals surface area contributed by atoms with E-state index in [9.17, 15) is 9.59 Å². The lowest BCUT2D eigenvalue weighted by molar-refractivity contribution is -0.141. The highest BCUT2D eigenvalue weighted by Crippen LogP contribution is 2.35. The molecule has 1 amide bonds. The predicted molar refractivity (Wildman–Crippen MR) is 64.6 cm³/mol. The molecule has 1 rings (SSSR count). The first-order valence-electron chi connectivity index (χ1n) is 6.18. The average Bonchev–Trinajstić information content (AvgIpc) is 2.22. The first-order chi connectivity index (χ1) is 7.56. The van der Waals surface area contributed by atoms with Gasteiger partial charge in [0.15, 0.2) is 5.78 Å². The van der Waals surface area contributed by atoms with Crippen molar-refractivity contribution in [3.63, 3.8) is 0 Å². The second kappa shape index (κ2) is 5.37. The Morgan fingerprint density at radius 3 is 2.44 bits per heavy atom. The fraction of sp³-hybridized carbons (Fsp3) is 0.769. The molecule has 1 atom stereocenters. The van der Waals surface area contributed by atoms with E-state index in [0.29, 0.717) is 25.0 Å². The molecule has 1 aliphatic rings. The quantitative estimate of drug-likeness (QED) is 0.531. The van der Waals surface area contributed by atoms with E-state index >= 15 is 0 Å². The van der Waals surface area contributed by atoms with E-state index in [1.807, 2.05) is 6.92 Å². The van der Waals surface area contributed by atoms with Crippen molar-refractivity contribution in [3.8, 4) is 0 Å². The Kier molecular flexibility index (Phi) is 4.39. The van der Waals surface area contributed by atoms with Crippen molar-refractivity contribution in [2.75, 3.05) is 0 Å². The molecule has 0 saturated heterocycles. The number of carbonyl (C=O) groups is 2. The lowest BCUT2D eigenvalue weighted by Gasteiger charge is -2.30. The van der Waals surface area contributed by atoms with Crippen LogP contribution < -0.4 is 0 Å². The van der Waals surface area contributed by atoms with Gasteiger partial charge < -0.3 is 0 Å². The Hall–Kier alpha value is -0.990. The van der Waals surface area contributed by atoms with Gasteiger partial charge in [-0.3, -0.25) is 9.59 Å². The van der Waals surface area contributed by atoms with Crippen LogP contribution in [0.15, 0.2) is 4.99 Å². The van der Waals surface area contributed by atoms with Crippen LogP contribution in [0.2, 0.25) is 0 Å². The van der Waals surface area contributed by atoms with Gasteiger partial charge in [-0.05, 0) is 19.8 Å². The molecule has 0 aromatic rings. The van der Waals surface area contributed by atoms with Crippen LogP contribution in [0.5, 0.6) is 0 Å². The van der Waals surface area contributed by atoms with E-state index < -0.39 is 5.41 Å². The van der Waals surface area contributed by atoms with Gasteiger partial charge in [-0.25, -0.2) is 4.99 Å². The molecule has 3 nitrogen and oxygen atoms in total. The molecule has 1 unspecified atom stereocenters. The van der Waals surface area contributed by atoms with Gasteiger partial charge in [0, 0.05) is 12.1 Å². The van der Waals surface area contributed by atoms with E-state index in [1.54, 1.807) is 6.92 Å². The van der Waals surface area contributed by atoms with Crippen LogP contribution in [-0.4, -0.2) is 17.4 Å². The number of unbranched alkanes of at least 4 members (excludes halogenated alkanes) is 2. The van der Waals surface area contributed by atoms with Gasteiger partial charge in [-0.2, -0.15) is 0 Å². The third-order valence-electron chi connectivity index (χ3n) is 3.46. The number of hydrogen-bond donors (Lipinski definition) is 0. The zero-order chi connectivity index (χ0) is 12.2. The van der Waals surface area contributed by atoms with Gasteiger partial charge in [0.05, 0.1) is 0 Å². The van der Waals surface area contributed by atoms with E-state index in [1.165, 1.54) is 0 Å². The molecule has 0 aromatic carbocycles. The Balaban J connectivity index is 2.85. The van der Waals surface area contributed by atoms with Crippen LogP contribution in [0.1, 0.15) is 59.3 Å². The molecule has 0 fully saturated rings. The van der Waals surface area contributed by atoms with Gasteiger partial charge >= 0.3 is 0 Å². The molecule has 0 spiro atoms. The van der Waals surface area contributed by atoms with Crippen molar-refractivity contribution in [1.82, 2.24) is 0 Å². The van der Waals surface area contributed by atoms with Crippen molar-refractivity contribution < 1.29 is 9.59 Å². The third kappa shape index (κ3) is 2.39. The largest absolute Gasteiger partial charge is 0.298 e. The molecule has 1 heterocycles. The van der Waals surface area contributed by atoms with Gasteiger partial charge in [-0.15, -0.1) is 0 Å². The van der Waals surface area contributed by atoms with Crippen LogP contribution in [0.3, 0.4) is 0 Å². The van der Waals surface area contributed by atoms with E-state index in [0.717, 1.165) is 19.3 Å². The maximum atomic E-state index is 12.1. The van der Waals surface area contributed by atoms with Crippen LogP contribution in [0.4, 0.5) is 0 Å². The van der Waals surface area contributed by atoms with Crippen LogP contribution in [0, 0.1) is 5.41 Å². The van der Waals surface area contributed by atoms with Crippen molar-refractivity contribution in [2.45, 2.75) is 59.3 Å². The number of Topliss-reactive ketones (excluding diaryl/α,β-unsaturated/α-hetero) is 1. The molecular weight excluding hydrogens is 202 g/mol. The van der Waals surface area contributed by atoms with Gasteiger partial charge in [-0.1, -0.05) is 33.1 Å². The number of carbonyl (C=O) groups excluding carboxylic acids is 2. The van der Waals surface area contributed by atoms with Crippen molar-refractivity contribution >= 4 is 17.4 Å². The number of aliphatic imine (C=N–C) groups is 1. The summed E-state index contributed by atoms with van der Waals surface area (Å²) in [5.41, 5.74) is -0.135. The Morgan fingerprint density at radius 1 is 1.25 bits per heavy atom. The second-order valence-corrected chi connectivity index (χ2v) is 4.64. The molecule has 0 aliphatic carbocycles. The van der Waals surface area contributed by atoms with E-state index in [-0.39, 0.29) is 11.7 Å². The summed E-state index contributed by atoms with van der Waals surface area (Å²) in [6.45, 7) is 5.78. The molecule has 0 saturated carbocycles. The summed E-state index contributed by atoms with van der Waals surface area (Å²) in [5, 5.41) is 0. The molecule has 0 N–H and O–H groups in total. The highest BCUT2D eigenvalue weighted by Gasteiger charge is 2.45. The standard InChI is InChI=1S/C13H21NO2/c1-4-6-7-8-13(5-2)11(15)9-10(3)14-12(13)16/h4-9H2,1-3H3. The number of rotatable bonds is 5. The summed E-state index contributed by atoms with van der Waals surface area (Å²) in [6, 6.07) is 0. The SMILES string of the molecule is CCCCCC1(CC)C(=O)CC(C)=NC1=O. The Morgan fingerprint density at radius 2 is 1.94 bits per heavy atom. The number of hydrogen-bond acceptors (Lipinski definition) is 2. The summed E-state index contributed by atoms with van der Waals surface area (Å²) in [6.07, 6.45) is 4.73. The molecule has 16 heavy (non-hydrogen) atoms. The minimum Gasteiger partial charge on any atom is -0.298 e. The Bertz CT molecular complexity index is 320. The van der Waals surface area contributed by atoms with Gasteiger partial charge in [0.1, 0.15) is 5.41 Å². The third-order valence-corrected chi connectivity index (χ3v) is 3.46. The maximum Gasteiger partial charge on any atom is 0.259 e. The van der Waals surface area contributed by atoms with Crippen LogP contribution in [-0.2, 0) is 9.59 Å². The summed E-state index contributed by atoms with van der Waals surface area (Å²) < 4.78 is 0. The lowest BCUT2D eigenvalue weighted by atomic mass is 9.72. The second-order valence-electron chi connectivity index (χ2n) is 4.64. The highest BCUT2D eigenvalue weighted by molar-refractivity contribution is 6.20. The van der Waals surface area contributed by atoms with Gasteiger partial charge in [0.25, 0.3) is 5.91 Å². The summed E-state index contributed by atoms with van der Waals surface area (Å²) >= 11 is 0. The van der Waals surface area contributed by atoms with E-state index in [2.05, 4.69) is 11.9 Å². The lowest BCUT2D eigenvalue weighted by Crippen LogP contribution is -2.42. The zero-order valence-corrected chi connectivity index (χ0v) is 10.5. The molecular formula is C13H21NO2. The zero-order valence-electron chi connectivity index (χ0n) is 10.5. The summed E-state index contributed by atoms with van der Waals surface area (Å²) in [4.78, 5) is 28.0. The molecule has 90 valence electrons. The fourth-order valence-electron chi connectivity index (χ4n) is 2.29. The smallest absolute Gasteiger partial charge is 0.259 e. The topological polar surface area (TPSA) is 46.5 Å². The Labute approximate surface area is 97.3 Å². The normalized spacial score (nSPS) is 25.8. The van der Waals surface area contributed by atoms with Crippen LogP contribution >= 0.6 is 0 Å². The highest BCUT2D eigenvalue weighted by atomic mass is 16.2. The average molecular weight is 223 g/mol. The first kappa shape index (κ1) is 13.1. The minimum atomic E-state index is -0.797. The fourth-order valence-corrected chi connectivity index (χ4v) is 2.29. The van der Waals surface area contributed by atoms with Crippen molar-refractivity contribution in [2.24, 2.45) is 10.4 Å². The van der Waals surface area contributed by atoms with Crippen LogP contribution in [0.25, 0.3) is 0 Å². The predicted octanol–water partition coefficient (Wildman–Crippen LogP) is 2.92. The molecule has 1 aliphatic heterocycles. The number of ketones is 1. The van der Waals surface area contributed by atoms with Crippen molar-refractivity contribution in [1.29, 1.82) is 0 Å². The minimum absolute atomic E-state index is 0.0728.